The molecule has 0 radical (unpaired) electrons. The summed E-state index contributed by atoms with van der Waals surface area (Å²) in [5, 5.41) is 42.5. The second kappa shape index (κ2) is 16.3. The fourth-order valence-electron chi connectivity index (χ4n) is 10.1. The summed E-state index contributed by atoms with van der Waals surface area (Å²) < 4.78 is 38.4. The largest absolute Gasteiger partial charge is 0.394 e. The maximum absolute atomic E-state index is 13.8. The first-order valence-corrected chi connectivity index (χ1v) is 19.9. The van der Waals surface area contributed by atoms with E-state index < -0.39 is 54.9 Å². The number of carbonyl (C=O) groups excluding carboxylic acids is 2. The van der Waals surface area contributed by atoms with E-state index in [0.29, 0.717) is 32.1 Å². The highest BCUT2D eigenvalue weighted by Gasteiger charge is 2.57. The molecule has 0 saturated carbocycles. The van der Waals surface area contributed by atoms with Crippen molar-refractivity contribution in [3.05, 3.63) is 24.3 Å². The molecule has 8 bridgehead atoms. The third-order valence-electron chi connectivity index (χ3n) is 13.3. The minimum absolute atomic E-state index is 0.00785. The Balaban J connectivity index is 1.10. The van der Waals surface area contributed by atoms with Gasteiger partial charge in [0.05, 0.1) is 67.6 Å². The number of hydrogen-bond acceptors (Lipinski definition) is 12. The van der Waals surface area contributed by atoms with Crippen molar-refractivity contribution in [1.82, 2.24) is 0 Å². The number of Topliss-reactive ketones (excluding diaryl/α,β-unsaturated/α-hetero) is 2. The molecule has 12 nitrogen and oxygen atoms in total. The van der Waals surface area contributed by atoms with E-state index in [1.807, 2.05) is 0 Å². The van der Waals surface area contributed by atoms with Crippen LogP contribution in [0.1, 0.15) is 97.3 Å². The number of ether oxygens (including phenoxy) is 6. The fraction of sp³-hybridized carbons (Fsp3) is 0.850. The highest BCUT2D eigenvalue weighted by molar-refractivity contribution is 5.79. The third-order valence-corrected chi connectivity index (χ3v) is 13.3. The van der Waals surface area contributed by atoms with Crippen molar-refractivity contribution in [1.29, 1.82) is 0 Å². The van der Waals surface area contributed by atoms with Crippen LogP contribution >= 0.6 is 0 Å². The van der Waals surface area contributed by atoms with Crippen LogP contribution < -0.4 is 0 Å². The van der Waals surface area contributed by atoms with Crippen LogP contribution in [0.5, 0.6) is 0 Å². The van der Waals surface area contributed by atoms with Crippen LogP contribution in [0.25, 0.3) is 0 Å². The normalized spacial score (nSPS) is 48.4. The molecule has 0 amide bonds. The lowest BCUT2D eigenvalue weighted by atomic mass is 9.79. The van der Waals surface area contributed by atoms with Crippen molar-refractivity contribution in [2.75, 3.05) is 6.61 Å². The summed E-state index contributed by atoms with van der Waals surface area (Å²) in [5.74, 6) is 0.0495. The molecule has 7 rings (SSSR count). The molecule has 0 aromatic heterocycles. The Labute approximate surface area is 307 Å². The van der Waals surface area contributed by atoms with Gasteiger partial charge in [0.25, 0.3) is 0 Å². The summed E-state index contributed by atoms with van der Waals surface area (Å²) in [6.07, 6.45) is -1.85. The van der Waals surface area contributed by atoms with Crippen LogP contribution in [0.4, 0.5) is 0 Å². The molecule has 4 unspecified atom stereocenters. The lowest BCUT2D eigenvalue weighted by Crippen LogP contribution is -2.61. The van der Waals surface area contributed by atoms with Gasteiger partial charge in [-0.2, -0.15) is 0 Å². The van der Waals surface area contributed by atoms with Gasteiger partial charge in [0.15, 0.2) is 0 Å². The van der Waals surface area contributed by atoms with Crippen LogP contribution in [-0.2, 0) is 38.0 Å². The number of aliphatic hydroxyl groups excluding tert-OH is 4. The molecule has 18 atom stereocenters. The summed E-state index contributed by atoms with van der Waals surface area (Å²) in [6, 6.07) is 0. The molecular formula is C40H60O12. The predicted octanol–water partition coefficient (Wildman–Crippen LogP) is 2.89. The molecule has 7 saturated heterocycles. The average molecular weight is 733 g/mol. The van der Waals surface area contributed by atoms with Gasteiger partial charge in [0.1, 0.15) is 42.1 Å². The smallest absolute Gasteiger partial charge is 0.135 e. The summed E-state index contributed by atoms with van der Waals surface area (Å²) in [7, 11) is 0. The fourth-order valence-corrected chi connectivity index (χ4v) is 10.1. The van der Waals surface area contributed by atoms with E-state index in [9.17, 15) is 30.0 Å². The second-order valence-corrected chi connectivity index (χ2v) is 17.0. The standard InChI is InChI=1S/C40H60O12/c1-19-11-27-7-9-30-20(2)12-26(47-30)6-5-23(42)15-35-36(45)39-40(52-35)37(46)38-31(51-39)10-8-28(49-38)13-24(43)14-29-22(4)32(16-25(44)18-41)50-34(29)17-33(48-27)21(19)3/h19,22,25-41,44-46H,2-3,5-18H2,1,4H3/t19-,22-,25+,26+,27?,28?,29-,30+,31+,32-,33?,34+,35?,36+,37+,38+,39+,40+/m1/s1. The summed E-state index contributed by atoms with van der Waals surface area (Å²) in [4.78, 5) is 26.9. The molecule has 0 aromatic rings. The Morgan fingerprint density at radius 1 is 0.692 bits per heavy atom. The number of aliphatic hydroxyl groups is 4. The van der Waals surface area contributed by atoms with Gasteiger partial charge >= 0.3 is 0 Å². The van der Waals surface area contributed by atoms with Crippen molar-refractivity contribution < 1.29 is 58.4 Å². The number of ketones is 2. The third kappa shape index (κ3) is 8.17. The van der Waals surface area contributed by atoms with Gasteiger partial charge in [-0.05, 0) is 73.8 Å². The first-order chi connectivity index (χ1) is 24.9. The quantitative estimate of drug-likeness (QED) is 0.314. The number of hydrogen-bond donors (Lipinski definition) is 4. The Morgan fingerprint density at radius 3 is 2.19 bits per heavy atom. The molecule has 0 aliphatic carbocycles. The van der Waals surface area contributed by atoms with Crippen LogP contribution in [0.15, 0.2) is 24.3 Å². The molecule has 7 aliphatic rings. The molecular weight excluding hydrogens is 672 g/mol. The Kier molecular flexibility index (Phi) is 12.1. The first kappa shape index (κ1) is 38.7. The first-order valence-electron chi connectivity index (χ1n) is 19.9. The van der Waals surface area contributed by atoms with E-state index in [0.717, 1.165) is 30.4 Å². The number of rotatable bonds is 3. The van der Waals surface area contributed by atoms with Crippen LogP contribution in [0.3, 0.4) is 0 Å². The lowest BCUT2D eigenvalue weighted by molar-refractivity contribution is -0.259. The van der Waals surface area contributed by atoms with Gasteiger partial charge in [-0.3, -0.25) is 9.59 Å². The average Bonchev–Trinajstić information content (AvgIpc) is 3.73. The van der Waals surface area contributed by atoms with Crippen LogP contribution in [0, 0.1) is 17.8 Å². The molecule has 0 spiro atoms. The van der Waals surface area contributed by atoms with Crippen molar-refractivity contribution in [3.8, 4) is 0 Å². The van der Waals surface area contributed by atoms with E-state index in [1.54, 1.807) is 0 Å². The summed E-state index contributed by atoms with van der Waals surface area (Å²) >= 11 is 0. The van der Waals surface area contributed by atoms with E-state index in [1.165, 1.54) is 0 Å². The van der Waals surface area contributed by atoms with E-state index >= 15 is 0 Å². The zero-order valence-electron chi connectivity index (χ0n) is 30.8. The topological polar surface area (TPSA) is 170 Å². The molecule has 7 fully saturated rings. The van der Waals surface area contributed by atoms with E-state index in [-0.39, 0.29) is 105 Å². The highest BCUT2D eigenvalue weighted by Crippen LogP contribution is 2.44. The molecule has 12 heteroatoms. The molecule has 292 valence electrons. The zero-order valence-corrected chi connectivity index (χ0v) is 30.8. The van der Waals surface area contributed by atoms with Crippen molar-refractivity contribution >= 4 is 11.6 Å². The maximum Gasteiger partial charge on any atom is 0.135 e. The van der Waals surface area contributed by atoms with Crippen molar-refractivity contribution in [3.63, 3.8) is 0 Å². The van der Waals surface area contributed by atoms with Crippen molar-refractivity contribution in [2.24, 2.45) is 17.8 Å². The monoisotopic (exact) mass is 732 g/mol. The molecule has 7 aliphatic heterocycles. The molecule has 52 heavy (non-hydrogen) atoms. The van der Waals surface area contributed by atoms with Crippen LogP contribution in [-0.4, -0.2) is 130 Å². The highest BCUT2D eigenvalue weighted by atomic mass is 16.6. The minimum Gasteiger partial charge on any atom is -0.394 e. The SMILES string of the molecule is C=C1C2C[C@@H]3O[C@H](C[C@H](O)CO)[C@H](C)[C@H]3CC(=O)CC3CC[C@@H]4O[C@@H]5[C@@H](OC(CC(=O)CC[C@H]6CC(=C)[C@H](CCC(C[C@H]1C)O2)O6)[C@@H]5O)[C@@H](O)[C@H]4O3. The maximum atomic E-state index is 13.8. The molecule has 0 aromatic carbocycles. The minimum atomic E-state index is -1.08. The van der Waals surface area contributed by atoms with Gasteiger partial charge in [-0.25, -0.2) is 0 Å². The molecule has 4 N–H and O–H groups in total. The Hall–Kier alpha value is -1.58. The second-order valence-electron chi connectivity index (χ2n) is 17.0. The number of carbonyl (C=O) groups is 2. The van der Waals surface area contributed by atoms with Gasteiger partial charge in [-0.15, -0.1) is 0 Å². The Bertz CT molecular complexity index is 1320. The summed E-state index contributed by atoms with van der Waals surface area (Å²) in [5.41, 5.74) is 2.04. The van der Waals surface area contributed by atoms with E-state index in [4.69, 9.17) is 28.4 Å². The lowest BCUT2D eigenvalue weighted by Gasteiger charge is -2.46. The van der Waals surface area contributed by atoms with Gasteiger partial charge in [0, 0.05) is 38.5 Å². The Morgan fingerprint density at radius 2 is 1.40 bits per heavy atom. The molecule has 7 heterocycles. The van der Waals surface area contributed by atoms with Crippen molar-refractivity contribution in [2.45, 2.75) is 189 Å². The number of fused-ring (bicyclic) bond motifs is 7. The zero-order chi connectivity index (χ0) is 36.8. The van der Waals surface area contributed by atoms with Gasteiger partial charge in [-0.1, -0.05) is 27.0 Å². The van der Waals surface area contributed by atoms with Crippen LogP contribution in [0.2, 0.25) is 0 Å². The predicted molar refractivity (Wildman–Crippen MR) is 187 cm³/mol. The summed E-state index contributed by atoms with van der Waals surface area (Å²) in [6.45, 7) is 12.6. The van der Waals surface area contributed by atoms with Gasteiger partial charge in [0.2, 0.25) is 0 Å². The van der Waals surface area contributed by atoms with E-state index in [2.05, 4.69) is 27.0 Å². The van der Waals surface area contributed by atoms with Gasteiger partial charge < -0.3 is 48.8 Å².